The molecule has 0 saturated carbocycles. The van der Waals surface area contributed by atoms with E-state index in [1.165, 1.54) is 6.42 Å². The second kappa shape index (κ2) is 5.65. The Bertz CT molecular complexity index is 317. The van der Waals surface area contributed by atoms with E-state index in [0.717, 1.165) is 25.9 Å². The van der Waals surface area contributed by atoms with E-state index < -0.39 is 0 Å². The third-order valence-electron chi connectivity index (χ3n) is 2.83. The third kappa shape index (κ3) is 3.06. The van der Waals surface area contributed by atoms with Crippen LogP contribution in [0.3, 0.4) is 0 Å². The van der Waals surface area contributed by atoms with Gasteiger partial charge in [0, 0.05) is 18.9 Å². The molecule has 2 heterocycles. The van der Waals surface area contributed by atoms with Crippen molar-refractivity contribution in [3.8, 4) is 0 Å². The van der Waals surface area contributed by atoms with Crippen molar-refractivity contribution >= 4 is 5.91 Å². The van der Waals surface area contributed by atoms with E-state index in [4.69, 9.17) is 0 Å². The van der Waals surface area contributed by atoms with Crippen molar-refractivity contribution in [1.82, 2.24) is 20.4 Å². The highest BCUT2D eigenvalue weighted by Gasteiger charge is 2.19. The zero-order valence-corrected chi connectivity index (χ0v) is 9.35. The van der Waals surface area contributed by atoms with Crippen molar-refractivity contribution in [2.75, 3.05) is 13.1 Å². The summed E-state index contributed by atoms with van der Waals surface area (Å²) in [6.45, 7) is 2.32. The lowest BCUT2D eigenvalue weighted by atomic mass is 10.0. The van der Waals surface area contributed by atoms with E-state index in [0.29, 0.717) is 6.54 Å². The van der Waals surface area contributed by atoms with Crippen molar-refractivity contribution in [2.45, 2.75) is 31.8 Å². The van der Waals surface area contributed by atoms with Crippen molar-refractivity contribution in [1.29, 1.82) is 0 Å². The molecule has 1 saturated heterocycles. The van der Waals surface area contributed by atoms with Gasteiger partial charge < -0.3 is 10.6 Å². The molecule has 1 aromatic heterocycles. The first kappa shape index (κ1) is 11.1. The van der Waals surface area contributed by atoms with Gasteiger partial charge in [0.15, 0.2) is 0 Å². The molecule has 16 heavy (non-hydrogen) atoms. The molecule has 1 amide bonds. The van der Waals surface area contributed by atoms with Gasteiger partial charge >= 0.3 is 0 Å². The van der Waals surface area contributed by atoms with Crippen LogP contribution in [0.15, 0.2) is 18.5 Å². The Kier molecular flexibility index (Phi) is 3.93. The SMILES string of the molecule is O=C(NCCn1cccn1)C1CCCCN1. The molecule has 1 unspecified atom stereocenters. The normalized spacial score (nSPS) is 20.6. The predicted octanol–water partition coefficient (Wildman–Crippen LogP) is 0.141. The summed E-state index contributed by atoms with van der Waals surface area (Å²) in [6.07, 6.45) is 6.91. The standard InChI is InChI=1S/C11H18N4O/c16-11(10-4-1-2-5-12-10)13-7-9-15-8-3-6-14-15/h3,6,8,10,12H,1-2,4-5,7,9H2,(H,13,16). The van der Waals surface area contributed by atoms with E-state index in [1.807, 2.05) is 16.9 Å². The summed E-state index contributed by atoms with van der Waals surface area (Å²) >= 11 is 0. The lowest BCUT2D eigenvalue weighted by Crippen LogP contribution is -2.47. The summed E-state index contributed by atoms with van der Waals surface area (Å²) in [6, 6.07) is 1.89. The molecule has 0 aliphatic carbocycles. The fourth-order valence-electron chi connectivity index (χ4n) is 1.93. The predicted molar refractivity (Wildman–Crippen MR) is 60.9 cm³/mol. The van der Waals surface area contributed by atoms with Gasteiger partial charge in [0.1, 0.15) is 0 Å². The van der Waals surface area contributed by atoms with Crippen molar-refractivity contribution in [3.63, 3.8) is 0 Å². The highest BCUT2D eigenvalue weighted by molar-refractivity contribution is 5.81. The van der Waals surface area contributed by atoms with Gasteiger partial charge in [0.25, 0.3) is 0 Å². The molecule has 1 aliphatic heterocycles. The largest absolute Gasteiger partial charge is 0.353 e. The Balaban J connectivity index is 1.67. The van der Waals surface area contributed by atoms with Gasteiger partial charge in [-0.3, -0.25) is 9.48 Å². The fourth-order valence-corrected chi connectivity index (χ4v) is 1.93. The Morgan fingerprint density at radius 3 is 3.19 bits per heavy atom. The molecular weight excluding hydrogens is 204 g/mol. The first-order valence-corrected chi connectivity index (χ1v) is 5.85. The quantitative estimate of drug-likeness (QED) is 0.762. The van der Waals surface area contributed by atoms with Crippen molar-refractivity contribution in [2.24, 2.45) is 0 Å². The van der Waals surface area contributed by atoms with E-state index in [2.05, 4.69) is 15.7 Å². The number of nitrogens with zero attached hydrogens (tertiary/aromatic N) is 2. The Hall–Kier alpha value is -1.36. The van der Waals surface area contributed by atoms with Crippen LogP contribution < -0.4 is 10.6 Å². The monoisotopic (exact) mass is 222 g/mol. The molecule has 2 N–H and O–H groups in total. The first-order valence-electron chi connectivity index (χ1n) is 5.85. The number of amides is 1. The number of hydrogen-bond acceptors (Lipinski definition) is 3. The van der Waals surface area contributed by atoms with E-state index in [1.54, 1.807) is 6.20 Å². The molecule has 0 spiro atoms. The number of nitrogens with one attached hydrogen (secondary N) is 2. The maximum atomic E-state index is 11.7. The highest BCUT2D eigenvalue weighted by Crippen LogP contribution is 2.06. The van der Waals surface area contributed by atoms with Crippen molar-refractivity contribution in [3.05, 3.63) is 18.5 Å². The smallest absolute Gasteiger partial charge is 0.237 e. The molecule has 1 aromatic rings. The molecule has 5 nitrogen and oxygen atoms in total. The highest BCUT2D eigenvalue weighted by atomic mass is 16.2. The van der Waals surface area contributed by atoms with Gasteiger partial charge in [0.05, 0.1) is 12.6 Å². The summed E-state index contributed by atoms with van der Waals surface area (Å²) in [4.78, 5) is 11.7. The summed E-state index contributed by atoms with van der Waals surface area (Å²) < 4.78 is 1.81. The number of rotatable bonds is 4. The van der Waals surface area contributed by atoms with Crippen LogP contribution in [0.1, 0.15) is 19.3 Å². The van der Waals surface area contributed by atoms with Crippen LogP contribution in [0.2, 0.25) is 0 Å². The van der Waals surface area contributed by atoms with Gasteiger partial charge in [-0.2, -0.15) is 5.10 Å². The lowest BCUT2D eigenvalue weighted by Gasteiger charge is -2.22. The molecule has 0 radical (unpaired) electrons. The van der Waals surface area contributed by atoms with Crippen molar-refractivity contribution < 1.29 is 4.79 Å². The Morgan fingerprint density at radius 1 is 1.56 bits per heavy atom. The summed E-state index contributed by atoms with van der Waals surface area (Å²) in [7, 11) is 0. The van der Waals surface area contributed by atoms with Crippen LogP contribution in [0.5, 0.6) is 0 Å². The Morgan fingerprint density at radius 2 is 2.50 bits per heavy atom. The number of carbonyl (C=O) groups is 1. The van der Waals surface area contributed by atoms with Gasteiger partial charge in [-0.1, -0.05) is 6.42 Å². The lowest BCUT2D eigenvalue weighted by molar-refractivity contribution is -0.123. The number of piperidine rings is 1. The average molecular weight is 222 g/mol. The van der Waals surface area contributed by atoms with Gasteiger partial charge in [-0.15, -0.1) is 0 Å². The van der Waals surface area contributed by atoms with Gasteiger partial charge in [0.2, 0.25) is 5.91 Å². The zero-order valence-electron chi connectivity index (χ0n) is 9.35. The van der Waals surface area contributed by atoms with Crippen LogP contribution in [-0.4, -0.2) is 34.8 Å². The molecular formula is C11H18N4O. The van der Waals surface area contributed by atoms with Crippen LogP contribution in [0, 0.1) is 0 Å². The minimum atomic E-state index is 0.00590. The van der Waals surface area contributed by atoms with E-state index in [9.17, 15) is 4.79 Å². The molecule has 0 aromatic carbocycles. The summed E-state index contributed by atoms with van der Waals surface area (Å²) in [5, 5.41) is 10.2. The fraction of sp³-hybridized carbons (Fsp3) is 0.636. The zero-order chi connectivity index (χ0) is 11.2. The number of hydrogen-bond donors (Lipinski definition) is 2. The van der Waals surface area contributed by atoms with Crippen LogP contribution in [0.4, 0.5) is 0 Å². The third-order valence-corrected chi connectivity index (χ3v) is 2.83. The second-order valence-corrected chi connectivity index (χ2v) is 4.06. The number of aromatic nitrogens is 2. The molecule has 88 valence electrons. The molecule has 1 atom stereocenters. The minimum Gasteiger partial charge on any atom is -0.353 e. The van der Waals surface area contributed by atoms with Gasteiger partial charge in [-0.05, 0) is 25.5 Å². The number of carbonyl (C=O) groups excluding carboxylic acids is 1. The average Bonchev–Trinajstić information content (AvgIpc) is 2.83. The molecule has 1 fully saturated rings. The maximum Gasteiger partial charge on any atom is 0.237 e. The summed E-state index contributed by atoms with van der Waals surface area (Å²) in [5.74, 6) is 0.117. The minimum absolute atomic E-state index is 0.00590. The second-order valence-electron chi connectivity index (χ2n) is 4.06. The molecule has 2 rings (SSSR count). The molecule has 1 aliphatic rings. The van der Waals surface area contributed by atoms with Gasteiger partial charge in [-0.25, -0.2) is 0 Å². The topological polar surface area (TPSA) is 59.0 Å². The van der Waals surface area contributed by atoms with E-state index >= 15 is 0 Å². The van der Waals surface area contributed by atoms with Crippen LogP contribution >= 0.6 is 0 Å². The van der Waals surface area contributed by atoms with E-state index in [-0.39, 0.29) is 11.9 Å². The van der Waals surface area contributed by atoms with Crippen LogP contribution in [-0.2, 0) is 11.3 Å². The first-order chi connectivity index (χ1) is 7.86. The molecule has 5 heteroatoms. The summed E-state index contributed by atoms with van der Waals surface area (Å²) in [5.41, 5.74) is 0. The Labute approximate surface area is 95.2 Å². The maximum absolute atomic E-state index is 11.7. The molecule has 0 bridgehead atoms. The van der Waals surface area contributed by atoms with Crippen LogP contribution in [0.25, 0.3) is 0 Å².